The van der Waals surface area contributed by atoms with Crippen molar-refractivity contribution >= 4 is 26.9 Å². The quantitative estimate of drug-likeness (QED) is 0.493. The van der Waals surface area contributed by atoms with Crippen molar-refractivity contribution in [2.45, 2.75) is 56.2 Å². The molecule has 8 nitrogen and oxygen atoms in total. The minimum Gasteiger partial charge on any atom is -0.491 e. The third-order valence-corrected chi connectivity index (χ3v) is 7.69. The first-order valence-electron chi connectivity index (χ1n) is 10.9. The molecule has 0 amide bonds. The van der Waals surface area contributed by atoms with Gasteiger partial charge in [0.15, 0.2) is 0 Å². The lowest BCUT2D eigenvalue weighted by molar-refractivity contribution is -0.136. The number of rotatable bonds is 8. The zero-order valence-electron chi connectivity index (χ0n) is 18.9. The van der Waals surface area contributed by atoms with E-state index in [0.29, 0.717) is 10.1 Å². The number of hydrogen-bond donors (Lipinski definition) is 1. The number of ether oxygens (including phenoxy) is 1. The lowest BCUT2D eigenvalue weighted by Gasteiger charge is -2.23. The summed E-state index contributed by atoms with van der Waals surface area (Å²) in [6, 6.07) is 6.94. The summed E-state index contributed by atoms with van der Waals surface area (Å²) >= 11 is 0. The van der Waals surface area contributed by atoms with Crippen LogP contribution in [0.1, 0.15) is 32.0 Å². The third kappa shape index (κ3) is 4.85. The number of nitrogens with zero attached hydrogens (tertiary/aromatic N) is 3. The molecule has 2 heterocycles. The minimum atomic E-state index is -4.33. The minimum absolute atomic E-state index is 0.0452. The van der Waals surface area contributed by atoms with Crippen molar-refractivity contribution < 1.29 is 36.2 Å². The first kappa shape index (κ1) is 25.0. The van der Waals surface area contributed by atoms with Gasteiger partial charge in [-0.05, 0) is 50.6 Å². The number of hydrogen-bond acceptors (Lipinski definition) is 5. The summed E-state index contributed by atoms with van der Waals surface area (Å²) in [6.45, 7) is 3.25. The molecule has 12 heteroatoms. The molecule has 0 radical (unpaired) electrons. The molecule has 1 saturated heterocycles. The molecule has 0 saturated carbocycles. The number of carboxylic acid groups (broad SMARTS) is 1. The summed E-state index contributed by atoms with van der Waals surface area (Å²) in [7, 11) is -4.33. The number of aliphatic carboxylic acids is 1. The average molecular weight is 512 g/mol. The molecule has 2 atom stereocenters. The summed E-state index contributed by atoms with van der Waals surface area (Å²) in [6.07, 6.45) is -3.94. The molecule has 2 aromatic carbocycles. The second kappa shape index (κ2) is 9.50. The summed E-state index contributed by atoms with van der Waals surface area (Å²) in [5.74, 6) is -1.46. The molecule has 0 spiro atoms. The van der Waals surface area contributed by atoms with Crippen molar-refractivity contribution in [3.05, 3.63) is 54.0 Å². The Morgan fingerprint density at radius 2 is 1.89 bits per heavy atom. The fourth-order valence-corrected chi connectivity index (χ4v) is 6.00. The Morgan fingerprint density at radius 3 is 2.49 bits per heavy atom. The van der Waals surface area contributed by atoms with Gasteiger partial charge in [0, 0.05) is 11.9 Å². The number of halogens is 3. The molecule has 1 aliphatic heterocycles. The van der Waals surface area contributed by atoms with E-state index in [1.807, 2.05) is 13.8 Å². The summed E-state index contributed by atoms with van der Waals surface area (Å²) in [4.78, 5) is 11.1. The maximum Gasteiger partial charge on any atom is 0.309 e. The number of sulfonamides is 1. The van der Waals surface area contributed by atoms with Gasteiger partial charge in [-0.25, -0.2) is 21.6 Å². The molecule has 1 aliphatic rings. The van der Waals surface area contributed by atoms with E-state index in [2.05, 4.69) is 5.10 Å². The van der Waals surface area contributed by atoms with E-state index in [4.69, 9.17) is 4.74 Å². The highest BCUT2D eigenvalue weighted by Crippen LogP contribution is 2.38. The molecular weight excluding hydrogens is 487 g/mol. The average Bonchev–Trinajstić information content (AvgIpc) is 3.37. The molecule has 4 rings (SSSR count). The van der Waals surface area contributed by atoms with Crippen molar-refractivity contribution in [3.63, 3.8) is 0 Å². The van der Waals surface area contributed by atoms with E-state index in [0.717, 1.165) is 10.7 Å². The van der Waals surface area contributed by atoms with Gasteiger partial charge in [0.05, 0.1) is 35.2 Å². The largest absolute Gasteiger partial charge is 0.491 e. The monoisotopic (exact) mass is 511 g/mol. The van der Waals surface area contributed by atoms with Crippen molar-refractivity contribution in [3.8, 4) is 5.75 Å². The van der Waals surface area contributed by atoms with Crippen LogP contribution in [0.5, 0.6) is 5.75 Å². The van der Waals surface area contributed by atoms with Crippen LogP contribution in [0, 0.1) is 5.82 Å². The molecule has 3 aromatic rings. The van der Waals surface area contributed by atoms with Crippen molar-refractivity contribution in [1.82, 2.24) is 14.1 Å². The Hall–Kier alpha value is -3.12. The second-order valence-corrected chi connectivity index (χ2v) is 10.5. The van der Waals surface area contributed by atoms with Gasteiger partial charge in [-0.15, -0.1) is 0 Å². The van der Waals surface area contributed by atoms with Gasteiger partial charge in [-0.2, -0.15) is 9.40 Å². The molecule has 1 aromatic heterocycles. The topological polar surface area (TPSA) is 102 Å². The third-order valence-electron chi connectivity index (χ3n) is 5.79. The van der Waals surface area contributed by atoms with Crippen LogP contribution in [0.2, 0.25) is 0 Å². The van der Waals surface area contributed by atoms with Crippen molar-refractivity contribution in [2.24, 2.45) is 0 Å². The van der Waals surface area contributed by atoms with Gasteiger partial charge >= 0.3 is 5.97 Å². The lowest BCUT2D eigenvalue weighted by Crippen LogP contribution is -2.39. The first-order chi connectivity index (χ1) is 16.5. The van der Waals surface area contributed by atoms with Crippen LogP contribution < -0.4 is 4.74 Å². The van der Waals surface area contributed by atoms with Crippen LogP contribution in [0.3, 0.4) is 0 Å². The molecular formula is C23H24F3N3O5S. The van der Waals surface area contributed by atoms with Crippen LogP contribution in [0.15, 0.2) is 47.4 Å². The smallest absolute Gasteiger partial charge is 0.309 e. The van der Waals surface area contributed by atoms with Gasteiger partial charge in [0.2, 0.25) is 10.0 Å². The highest BCUT2D eigenvalue weighted by molar-refractivity contribution is 7.89. The van der Waals surface area contributed by atoms with Gasteiger partial charge in [-0.3, -0.25) is 9.48 Å². The SMILES string of the molecule is CC(C)Oc1ccc(S(=O)(=O)N2C[C@H](n3nc(CC(=O)O)c4cccc(F)c43)C[C@@H]2C(F)F)cc1. The van der Waals surface area contributed by atoms with E-state index in [-0.39, 0.29) is 40.6 Å². The summed E-state index contributed by atoms with van der Waals surface area (Å²) in [5.41, 5.74) is 0.0267. The van der Waals surface area contributed by atoms with E-state index in [1.54, 1.807) is 0 Å². The number of aromatic nitrogens is 2. The maximum atomic E-state index is 14.7. The normalized spacial score (nSPS) is 19.2. The van der Waals surface area contributed by atoms with E-state index in [1.165, 1.54) is 36.4 Å². The molecule has 188 valence electrons. The summed E-state index contributed by atoms with van der Waals surface area (Å²) < 4.78 is 76.7. The van der Waals surface area contributed by atoms with Crippen molar-refractivity contribution in [1.29, 1.82) is 0 Å². The fraction of sp³-hybridized carbons (Fsp3) is 0.391. The van der Waals surface area contributed by atoms with Crippen LogP contribution in [0.25, 0.3) is 10.9 Å². The predicted octanol–water partition coefficient (Wildman–Crippen LogP) is 3.86. The standard InChI is InChI=1S/C23H24F3N3O5S/c1-13(2)34-15-6-8-16(9-7-15)35(32,33)28-12-14(10-20(28)23(25)26)29-22-17(4-3-5-18(22)24)19(27-29)11-21(30)31/h3-9,13-14,20,23H,10-12H2,1-2H3,(H,30,31)/t14-,20-/m1/s1. The first-order valence-corrected chi connectivity index (χ1v) is 12.4. The Bertz CT molecular complexity index is 1340. The Labute approximate surface area is 200 Å². The number of alkyl halides is 2. The Kier molecular flexibility index (Phi) is 6.78. The Morgan fingerprint density at radius 1 is 1.20 bits per heavy atom. The lowest BCUT2D eigenvalue weighted by atomic mass is 10.1. The van der Waals surface area contributed by atoms with Crippen LogP contribution >= 0.6 is 0 Å². The van der Waals surface area contributed by atoms with E-state index < -0.39 is 46.7 Å². The van der Waals surface area contributed by atoms with Crippen LogP contribution in [-0.2, 0) is 21.2 Å². The number of para-hydroxylation sites is 1. The molecule has 35 heavy (non-hydrogen) atoms. The number of carboxylic acids is 1. The van der Waals surface area contributed by atoms with E-state index in [9.17, 15) is 31.5 Å². The van der Waals surface area contributed by atoms with Gasteiger partial charge in [0.25, 0.3) is 6.43 Å². The van der Waals surface area contributed by atoms with Gasteiger partial charge in [0.1, 0.15) is 17.1 Å². The van der Waals surface area contributed by atoms with Crippen LogP contribution in [-0.4, -0.2) is 58.7 Å². The molecule has 0 unspecified atom stereocenters. The zero-order valence-corrected chi connectivity index (χ0v) is 19.8. The highest BCUT2D eigenvalue weighted by Gasteiger charge is 2.46. The summed E-state index contributed by atoms with van der Waals surface area (Å²) in [5, 5.41) is 13.6. The zero-order chi connectivity index (χ0) is 25.5. The Balaban J connectivity index is 1.71. The van der Waals surface area contributed by atoms with Gasteiger partial charge in [-0.1, -0.05) is 12.1 Å². The number of fused-ring (bicyclic) bond motifs is 1. The van der Waals surface area contributed by atoms with Gasteiger partial charge < -0.3 is 9.84 Å². The number of benzene rings is 2. The molecule has 0 bridgehead atoms. The maximum absolute atomic E-state index is 14.7. The van der Waals surface area contributed by atoms with Crippen LogP contribution in [0.4, 0.5) is 13.2 Å². The predicted molar refractivity (Wildman–Crippen MR) is 121 cm³/mol. The highest BCUT2D eigenvalue weighted by atomic mass is 32.2. The fourth-order valence-electron chi connectivity index (χ4n) is 4.35. The van der Waals surface area contributed by atoms with E-state index >= 15 is 0 Å². The molecule has 1 fully saturated rings. The molecule has 0 aliphatic carbocycles. The number of carbonyl (C=O) groups is 1. The molecule has 1 N–H and O–H groups in total. The second-order valence-electron chi connectivity index (χ2n) is 8.60. The van der Waals surface area contributed by atoms with Crippen molar-refractivity contribution in [2.75, 3.05) is 6.54 Å².